The van der Waals surface area contributed by atoms with Crippen molar-refractivity contribution in [1.29, 1.82) is 0 Å². The number of carbonyl (C=O) groups is 2. The predicted molar refractivity (Wildman–Crippen MR) is 95.1 cm³/mol. The molecule has 0 aliphatic rings. The number of rotatable bonds is 6. The Morgan fingerprint density at radius 1 is 0.963 bits per heavy atom. The first-order chi connectivity index (χ1) is 12.8. The Kier molecular flexibility index (Phi) is 6.64. The number of amides is 2. The van der Waals surface area contributed by atoms with Gasteiger partial charge in [-0.3, -0.25) is 10.1 Å². The van der Waals surface area contributed by atoms with Gasteiger partial charge in [-0.05, 0) is 50.2 Å². The number of ether oxygens (including phenoxy) is 1. The fourth-order valence-corrected chi connectivity index (χ4v) is 2.11. The fourth-order valence-electron chi connectivity index (χ4n) is 2.11. The first-order valence-corrected chi connectivity index (χ1v) is 8.06. The van der Waals surface area contributed by atoms with E-state index in [0.717, 1.165) is 12.1 Å². The molecule has 0 aromatic heterocycles. The molecule has 144 valence electrons. The highest BCUT2D eigenvalue weighted by Gasteiger charge is 2.18. The van der Waals surface area contributed by atoms with Crippen LogP contribution in [-0.2, 0) is 9.53 Å². The molecule has 2 rings (SSSR count). The Morgan fingerprint density at radius 2 is 1.59 bits per heavy atom. The maximum atomic E-state index is 13.6. The molecule has 0 aliphatic carbocycles. The lowest BCUT2D eigenvalue weighted by Crippen LogP contribution is -2.32. The van der Waals surface area contributed by atoms with E-state index in [1.54, 1.807) is 31.2 Å². The second kappa shape index (κ2) is 8.93. The van der Waals surface area contributed by atoms with Gasteiger partial charge in [-0.2, -0.15) is 0 Å². The van der Waals surface area contributed by atoms with Crippen LogP contribution in [0.1, 0.15) is 13.8 Å². The molecule has 6 nitrogen and oxygen atoms in total. The van der Waals surface area contributed by atoms with E-state index in [2.05, 4.69) is 16.0 Å². The van der Waals surface area contributed by atoms with Gasteiger partial charge in [0.2, 0.25) is 5.91 Å². The van der Waals surface area contributed by atoms with Crippen LogP contribution in [0.15, 0.2) is 36.4 Å². The van der Waals surface area contributed by atoms with E-state index in [-0.39, 0.29) is 6.61 Å². The van der Waals surface area contributed by atoms with Crippen LogP contribution in [0, 0.1) is 17.5 Å². The zero-order valence-electron chi connectivity index (χ0n) is 14.6. The van der Waals surface area contributed by atoms with Gasteiger partial charge in [0.05, 0.1) is 12.3 Å². The number of hydrogen-bond donors (Lipinski definition) is 3. The lowest BCUT2D eigenvalue weighted by atomic mass is 10.2. The van der Waals surface area contributed by atoms with Gasteiger partial charge in [-0.1, -0.05) is 0 Å². The van der Waals surface area contributed by atoms with Gasteiger partial charge < -0.3 is 15.4 Å². The number of benzene rings is 2. The van der Waals surface area contributed by atoms with Crippen LogP contribution in [-0.4, -0.2) is 24.6 Å². The Hall–Kier alpha value is -3.23. The maximum absolute atomic E-state index is 13.6. The number of hydrogen-bond acceptors (Lipinski definition) is 4. The molecule has 2 amide bonds. The fraction of sp³-hybridized carbons (Fsp3) is 0.222. The minimum atomic E-state index is -1.65. The van der Waals surface area contributed by atoms with E-state index in [1.807, 2.05) is 0 Å². The monoisotopic (exact) mass is 381 g/mol. The molecule has 0 radical (unpaired) electrons. The Labute approximate surface area is 153 Å². The summed E-state index contributed by atoms with van der Waals surface area (Å²) in [7, 11) is 0. The lowest BCUT2D eigenvalue weighted by Gasteiger charge is -2.16. The average Bonchev–Trinajstić information content (AvgIpc) is 2.64. The predicted octanol–water partition coefficient (Wildman–Crippen LogP) is 4.11. The van der Waals surface area contributed by atoms with E-state index in [0.29, 0.717) is 11.4 Å². The summed E-state index contributed by atoms with van der Waals surface area (Å²) in [5.74, 6) is -5.11. The zero-order chi connectivity index (χ0) is 20.0. The summed E-state index contributed by atoms with van der Waals surface area (Å²) < 4.78 is 44.5. The van der Waals surface area contributed by atoms with E-state index >= 15 is 0 Å². The molecule has 2 aromatic carbocycles. The summed E-state index contributed by atoms with van der Waals surface area (Å²) >= 11 is 0. The Bertz CT molecular complexity index is 829. The first kappa shape index (κ1) is 20.1. The summed E-state index contributed by atoms with van der Waals surface area (Å²) in [5, 5.41) is 7.58. The van der Waals surface area contributed by atoms with Crippen LogP contribution in [0.4, 0.5) is 35.0 Å². The van der Waals surface area contributed by atoms with Gasteiger partial charge in [0.15, 0.2) is 17.5 Å². The third kappa shape index (κ3) is 5.37. The van der Waals surface area contributed by atoms with E-state index < -0.39 is 41.2 Å². The van der Waals surface area contributed by atoms with Crippen LogP contribution in [0.5, 0.6) is 0 Å². The van der Waals surface area contributed by atoms with Crippen LogP contribution < -0.4 is 16.0 Å². The molecule has 0 bridgehead atoms. The molecular weight excluding hydrogens is 363 g/mol. The summed E-state index contributed by atoms with van der Waals surface area (Å²) in [4.78, 5) is 23.4. The molecule has 9 heteroatoms. The average molecular weight is 381 g/mol. The van der Waals surface area contributed by atoms with Crippen molar-refractivity contribution in [3.8, 4) is 0 Å². The molecule has 0 saturated carbocycles. The third-order valence-corrected chi connectivity index (χ3v) is 3.48. The van der Waals surface area contributed by atoms with Gasteiger partial charge in [0.25, 0.3) is 0 Å². The molecule has 0 spiro atoms. The van der Waals surface area contributed by atoms with Crippen molar-refractivity contribution >= 4 is 29.1 Å². The summed E-state index contributed by atoms with van der Waals surface area (Å²) in [6.07, 6.45) is -0.584. The van der Waals surface area contributed by atoms with Crippen molar-refractivity contribution in [1.82, 2.24) is 0 Å². The van der Waals surface area contributed by atoms with Crippen molar-refractivity contribution in [3.05, 3.63) is 53.8 Å². The van der Waals surface area contributed by atoms with Crippen LogP contribution >= 0.6 is 0 Å². The highest BCUT2D eigenvalue weighted by Crippen LogP contribution is 2.20. The third-order valence-electron chi connectivity index (χ3n) is 3.48. The number of nitrogens with one attached hydrogen (secondary N) is 3. The van der Waals surface area contributed by atoms with Gasteiger partial charge in [-0.15, -0.1) is 0 Å². The molecule has 1 unspecified atom stereocenters. The van der Waals surface area contributed by atoms with Crippen molar-refractivity contribution in [3.63, 3.8) is 0 Å². The maximum Gasteiger partial charge on any atom is 0.411 e. The van der Waals surface area contributed by atoms with E-state index in [9.17, 15) is 22.8 Å². The normalized spacial score (nSPS) is 11.4. The van der Waals surface area contributed by atoms with Crippen LogP contribution in [0.3, 0.4) is 0 Å². The van der Waals surface area contributed by atoms with Crippen LogP contribution in [0.2, 0.25) is 0 Å². The minimum absolute atomic E-state index is 0.247. The molecule has 0 fully saturated rings. The van der Waals surface area contributed by atoms with Gasteiger partial charge >= 0.3 is 6.09 Å². The number of carbonyl (C=O) groups excluding carboxylic acids is 2. The van der Waals surface area contributed by atoms with Gasteiger partial charge in [0, 0.05) is 11.4 Å². The second-order valence-corrected chi connectivity index (χ2v) is 5.50. The largest absolute Gasteiger partial charge is 0.450 e. The topological polar surface area (TPSA) is 79.5 Å². The van der Waals surface area contributed by atoms with Gasteiger partial charge in [-0.25, -0.2) is 18.0 Å². The Morgan fingerprint density at radius 3 is 2.22 bits per heavy atom. The molecule has 3 N–H and O–H groups in total. The first-order valence-electron chi connectivity index (χ1n) is 8.06. The highest BCUT2D eigenvalue weighted by molar-refractivity contribution is 5.96. The van der Waals surface area contributed by atoms with Crippen molar-refractivity contribution in [2.75, 3.05) is 22.6 Å². The van der Waals surface area contributed by atoms with Crippen molar-refractivity contribution < 1.29 is 27.5 Å². The summed E-state index contributed by atoms with van der Waals surface area (Å²) in [6, 6.07) is 7.28. The molecular formula is C18H18F3N3O3. The summed E-state index contributed by atoms with van der Waals surface area (Å²) in [6.45, 7) is 3.44. The number of anilines is 3. The highest BCUT2D eigenvalue weighted by atomic mass is 19.2. The number of halogens is 3. The van der Waals surface area contributed by atoms with E-state index in [1.165, 1.54) is 6.92 Å². The SMILES string of the molecule is CCOC(=O)Nc1ccc(NC(C)C(=O)Nc2ccc(F)c(F)c2F)cc1. The molecule has 27 heavy (non-hydrogen) atoms. The molecule has 2 aromatic rings. The quantitative estimate of drug-likeness (QED) is 0.658. The molecule has 0 aliphatic heterocycles. The standard InChI is InChI=1S/C18H18F3N3O3/c1-3-27-18(26)23-12-6-4-11(5-7-12)22-10(2)17(25)24-14-9-8-13(19)15(20)16(14)21/h4-10,22H,3H2,1-2H3,(H,23,26)(H,24,25). The van der Waals surface area contributed by atoms with Gasteiger partial charge in [0.1, 0.15) is 6.04 Å². The zero-order valence-corrected chi connectivity index (χ0v) is 14.6. The smallest absolute Gasteiger partial charge is 0.411 e. The molecule has 0 heterocycles. The second-order valence-electron chi connectivity index (χ2n) is 5.50. The van der Waals surface area contributed by atoms with Crippen molar-refractivity contribution in [2.24, 2.45) is 0 Å². The lowest BCUT2D eigenvalue weighted by molar-refractivity contribution is -0.116. The van der Waals surface area contributed by atoms with Crippen LogP contribution in [0.25, 0.3) is 0 Å². The van der Waals surface area contributed by atoms with E-state index in [4.69, 9.17) is 4.74 Å². The minimum Gasteiger partial charge on any atom is -0.450 e. The molecule has 1 atom stereocenters. The summed E-state index contributed by atoms with van der Waals surface area (Å²) in [5.41, 5.74) is 0.597. The molecule has 0 saturated heterocycles. The Balaban J connectivity index is 1.96. The van der Waals surface area contributed by atoms with Crippen molar-refractivity contribution in [2.45, 2.75) is 19.9 Å².